The highest BCUT2D eigenvalue weighted by Crippen LogP contribution is 2.46. The van der Waals surface area contributed by atoms with Gasteiger partial charge in [-0.15, -0.1) is 0 Å². The zero-order chi connectivity index (χ0) is 15.7. The minimum absolute atomic E-state index is 0.0790. The van der Waals surface area contributed by atoms with Crippen molar-refractivity contribution in [2.45, 2.75) is 31.3 Å². The van der Waals surface area contributed by atoms with Crippen LogP contribution >= 0.6 is 0 Å². The zero-order valence-electron chi connectivity index (χ0n) is 13.1. The van der Waals surface area contributed by atoms with Gasteiger partial charge in [0.25, 0.3) is 0 Å². The minimum Gasteiger partial charge on any atom is -0.493 e. The summed E-state index contributed by atoms with van der Waals surface area (Å²) in [5, 5.41) is 9.13. The van der Waals surface area contributed by atoms with E-state index >= 15 is 0 Å². The molecule has 0 bridgehead atoms. The van der Waals surface area contributed by atoms with E-state index in [1.54, 1.807) is 7.11 Å². The van der Waals surface area contributed by atoms with E-state index in [0.717, 1.165) is 37.2 Å². The number of ether oxygens (including phenoxy) is 2. The van der Waals surface area contributed by atoms with Crippen molar-refractivity contribution < 1.29 is 19.4 Å². The fourth-order valence-corrected chi connectivity index (χ4v) is 3.15. The number of likely N-dealkylation sites (N-methyl/N-ethyl adjacent to an activating group) is 1. The maximum atomic E-state index is 11.1. The van der Waals surface area contributed by atoms with Crippen LogP contribution in [-0.4, -0.2) is 49.3 Å². The lowest BCUT2D eigenvalue weighted by molar-refractivity contribution is -0.137. The lowest BCUT2D eigenvalue weighted by atomic mass is 9.91. The van der Waals surface area contributed by atoms with E-state index in [2.05, 4.69) is 11.9 Å². The number of benzene rings is 1. The van der Waals surface area contributed by atoms with E-state index in [-0.39, 0.29) is 18.4 Å². The van der Waals surface area contributed by atoms with Crippen molar-refractivity contribution >= 4 is 5.97 Å². The molecule has 0 spiro atoms. The second-order valence-corrected chi connectivity index (χ2v) is 6.41. The molecule has 0 amide bonds. The molecule has 1 aliphatic carbocycles. The summed E-state index contributed by atoms with van der Waals surface area (Å²) in [6, 6.07) is 5.86. The molecule has 2 fully saturated rings. The lowest BCUT2D eigenvalue weighted by Gasteiger charge is -2.36. The predicted octanol–water partition coefficient (Wildman–Crippen LogP) is 2.36. The average Bonchev–Trinajstić information content (AvgIpc) is 3.28. The number of nitrogens with zero attached hydrogens (tertiary/aromatic N) is 1. The molecule has 1 aliphatic heterocycles. The fraction of sp³-hybridized carbons (Fsp3) is 0.588. The van der Waals surface area contributed by atoms with Crippen molar-refractivity contribution in [3.05, 3.63) is 23.8 Å². The molecule has 1 aromatic rings. The summed E-state index contributed by atoms with van der Waals surface area (Å²) in [5.41, 5.74) is 1.04. The van der Waals surface area contributed by atoms with Crippen LogP contribution in [0.5, 0.6) is 11.5 Å². The normalized spacial score (nSPS) is 20.3. The van der Waals surface area contributed by atoms with Crippen molar-refractivity contribution in [3.63, 3.8) is 0 Å². The second kappa shape index (κ2) is 6.16. The molecule has 120 valence electrons. The molecule has 1 aromatic carbocycles. The molecule has 0 aromatic heterocycles. The van der Waals surface area contributed by atoms with E-state index in [1.165, 1.54) is 0 Å². The molecule has 1 N–H and O–H groups in total. The number of carboxylic acid groups (broad SMARTS) is 1. The first kappa shape index (κ1) is 15.2. The van der Waals surface area contributed by atoms with Gasteiger partial charge in [0.15, 0.2) is 11.5 Å². The standard InChI is InChI=1S/C17H23NO4/c1-18-9-13(10-18)22-15-6-5-12(7-16(15)21-2)14(8-17(19)20)11-3-4-11/h5-7,11,13-14H,3-4,8-10H2,1-2H3,(H,19,20). The SMILES string of the molecule is COc1cc(C(CC(=O)O)C2CC2)ccc1OC1CN(C)C1. The highest BCUT2D eigenvalue weighted by atomic mass is 16.5. The highest BCUT2D eigenvalue weighted by molar-refractivity contribution is 5.68. The van der Waals surface area contributed by atoms with Crippen LogP contribution in [0.25, 0.3) is 0 Å². The highest BCUT2D eigenvalue weighted by Gasteiger charge is 2.34. The molecule has 3 rings (SSSR count). The largest absolute Gasteiger partial charge is 0.493 e. The van der Waals surface area contributed by atoms with Gasteiger partial charge in [0.2, 0.25) is 0 Å². The van der Waals surface area contributed by atoms with E-state index in [4.69, 9.17) is 14.6 Å². The molecular formula is C17H23NO4. The average molecular weight is 305 g/mol. The quantitative estimate of drug-likeness (QED) is 0.838. The lowest BCUT2D eigenvalue weighted by Crippen LogP contribution is -2.51. The topological polar surface area (TPSA) is 59.0 Å². The van der Waals surface area contributed by atoms with Crippen molar-refractivity contribution in [2.24, 2.45) is 5.92 Å². The van der Waals surface area contributed by atoms with Crippen molar-refractivity contribution in [1.29, 1.82) is 0 Å². The molecule has 1 unspecified atom stereocenters. The first-order chi connectivity index (χ1) is 10.6. The molecule has 1 saturated carbocycles. The number of hydrogen-bond acceptors (Lipinski definition) is 4. The van der Waals surface area contributed by atoms with Crippen molar-refractivity contribution in [2.75, 3.05) is 27.2 Å². The Labute approximate surface area is 130 Å². The number of likely N-dealkylation sites (tertiary alicyclic amines) is 1. The van der Waals surface area contributed by atoms with Crippen LogP contribution in [0.2, 0.25) is 0 Å². The van der Waals surface area contributed by atoms with Gasteiger partial charge in [0, 0.05) is 13.1 Å². The van der Waals surface area contributed by atoms with Crippen LogP contribution in [0.4, 0.5) is 0 Å². The Morgan fingerprint density at radius 2 is 2.09 bits per heavy atom. The maximum absolute atomic E-state index is 11.1. The molecule has 22 heavy (non-hydrogen) atoms. The molecule has 5 heteroatoms. The van der Waals surface area contributed by atoms with Gasteiger partial charge >= 0.3 is 5.97 Å². The Kier molecular flexibility index (Phi) is 4.25. The Morgan fingerprint density at radius 1 is 1.36 bits per heavy atom. The van der Waals surface area contributed by atoms with Gasteiger partial charge in [0.05, 0.1) is 13.5 Å². The van der Waals surface area contributed by atoms with Gasteiger partial charge in [-0.05, 0) is 49.4 Å². The van der Waals surface area contributed by atoms with Crippen LogP contribution in [0, 0.1) is 5.92 Å². The van der Waals surface area contributed by atoms with Crippen LogP contribution in [0.15, 0.2) is 18.2 Å². The van der Waals surface area contributed by atoms with Crippen LogP contribution < -0.4 is 9.47 Å². The molecule has 5 nitrogen and oxygen atoms in total. The van der Waals surface area contributed by atoms with Gasteiger partial charge in [0.1, 0.15) is 6.10 Å². The van der Waals surface area contributed by atoms with Gasteiger partial charge in [-0.1, -0.05) is 6.07 Å². The number of carboxylic acids is 1. The number of rotatable bonds is 7. The van der Waals surface area contributed by atoms with Crippen LogP contribution in [0.3, 0.4) is 0 Å². The smallest absolute Gasteiger partial charge is 0.303 e. The molecule has 0 radical (unpaired) electrons. The van der Waals surface area contributed by atoms with E-state index in [1.807, 2.05) is 18.2 Å². The first-order valence-corrected chi connectivity index (χ1v) is 7.81. The third kappa shape index (κ3) is 3.35. The molecule has 1 saturated heterocycles. The molecule has 1 atom stereocenters. The summed E-state index contributed by atoms with van der Waals surface area (Å²) in [6.45, 7) is 1.85. The third-order valence-electron chi connectivity index (χ3n) is 4.53. The summed E-state index contributed by atoms with van der Waals surface area (Å²) >= 11 is 0. The number of methoxy groups -OCH3 is 1. The van der Waals surface area contributed by atoms with Gasteiger partial charge in [-0.25, -0.2) is 0 Å². The van der Waals surface area contributed by atoms with Gasteiger partial charge in [-0.2, -0.15) is 0 Å². The summed E-state index contributed by atoms with van der Waals surface area (Å²) in [7, 11) is 3.69. The Bertz CT molecular complexity index is 550. The summed E-state index contributed by atoms with van der Waals surface area (Å²) in [4.78, 5) is 13.3. The zero-order valence-corrected chi connectivity index (χ0v) is 13.1. The molecular weight excluding hydrogens is 282 g/mol. The Hall–Kier alpha value is -1.75. The minimum atomic E-state index is -0.742. The van der Waals surface area contributed by atoms with E-state index in [0.29, 0.717) is 11.7 Å². The second-order valence-electron chi connectivity index (χ2n) is 6.41. The predicted molar refractivity (Wildman–Crippen MR) is 82.6 cm³/mol. The van der Waals surface area contributed by atoms with E-state index < -0.39 is 5.97 Å². The number of aliphatic carboxylic acids is 1. The summed E-state index contributed by atoms with van der Waals surface area (Å²) in [5.74, 6) is 1.27. The number of carbonyl (C=O) groups is 1. The maximum Gasteiger partial charge on any atom is 0.303 e. The van der Waals surface area contributed by atoms with Crippen LogP contribution in [-0.2, 0) is 4.79 Å². The first-order valence-electron chi connectivity index (χ1n) is 7.81. The number of hydrogen-bond donors (Lipinski definition) is 1. The monoisotopic (exact) mass is 305 g/mol. The van der Waals surface area contributed by atoms with Crippen molar-refractivity contribution in [1.82, 2.24) is 4.90 Å². The Balaban J connectivity index is 1.76. The summed E-state index contributed by atoms with van der Waals surface area (Å²) in [6.07, 6.45) is 2.63. The fourth-order valence-electron chi connectivity index (χ4n) is 3.15. The van der Waals surface area contributed by atoms with Crippen LogP contribution in [0.1, 0.15) is 30.7 Å². The third-order valence-corrected chi connectivity index (χ3v) is 4.53. The van der Waals surface area contributed by atoms with Gasteiger partial charge < -0.3 is 14.6 Å². The van der Waals surface area contributed by atoms with E-state index in [9.17, 15) is 4.79 Å². The summed E-state index contributed by atoms with van der Waals surface area (Å²) < 4.78 is 11.4. The van der Waals surface area contributed by atoms with Crippen molar-refractivity contribution in [3.8, 4) is 11.5 Å². The Morgan fingerprint density at radius 3 is 2.64 bits per heavy atom. The van der Waals surface area contributed by atoms with Gasteiger partial charge in [-0.3, -0.25) is 9.69 Å². The molecule has 2 aliphatic rings. The molecule has 1 heterocycles.